The molecule has 0 spiro atoms. The van der Waals surface area contributed by atoms with E-state index in [2.05, 4.69) is 133 Å². The lowest BCUT2D eigenvalue weighted by Crippen LogP contribution is -1.91. The van der Waals surface area contributed by atoms with Gasteiger partial charge in [0.2, 0.25) is 0 Å². The molecule has 2 heteroatoms. The first-order chi connectivity index (χ1) is 20.8. The molecule has 2 nitrogen and oxygen atoms in total. The Kier molecular flexibility index (Phi) is 4.93. The number of hydrogen-bond donors (Lipinski definition) is 0. The summed E-state index contributed by atoms with van der Waals surface area (Å²) in [5, 5.41) is 8.14. The number of furan rings is 2. The van der Waals surface area contributed by atoms with Crippen LogP contribution in [0.15, 0.2) is 155 Å². The molecule has 0 unspecified atom stereocenters. The van der Waals surface area contributed by atoms with Crippen molar-refractivity contribution >= 4 is 54.5 Å². The largest absolute Gasteiger partial charge is 0.464 e. The Morgan fingerprint density at radius 2 is 0.929 bits per heavy atom. The van der Waals surface area contributed by atoms with Gasteiger partial charge in [-0.3, -0.25) is 0 Å². The zero-order chi connectivity index (χ0) is 27.6. The molecule has 42 heavy (non-hydrogen) atoms. The second-order valence-corrected chi connectivity index (χ2v) is 10.8. The smallest absolute Gasteiger partial charge is 0.136 e. The van der Waals surface area contributed by atoms with Crippen LogP contribution in [0.25, 0.3) is 87.8 Å². The van der Waals surface area contributed by atoms with E-state index in [1.54, 1.807) is 0 Å². The summed E-state index contributed by atoms with van der Waals surface area (Å²) < 4.78 is 12.7. The lowest BCUT2D eigenvalue weighted by atomic mass is 9.85. The fourth-order valence-electron chi connectivity index (χ4n) is 6.73. The highest BCUT2D eigenvalue weighted by atomic mass is 16.3. The summed E-state index contributed by atoms with van der Waals surface area (Å²) in [5.74, 6) is 0. The fourth-order valence-corrected chi connectivity index (χ4v) is 6.73. The van der Waals surface area contributed by atoms with E-state index in [1.165, 1.54) is 38.2 Å². The third-order valence-corrected chi connectivity index (χ3v) is 8.54. The summed E-state index contributed by atoms with van der Waals surface area (Å²) >= 11 is 0. The molecule has 0 fully saturated rings. The zero-order valence-electron chi connectivity index (χ0n) is 22.7. The van der Waals surface area contributed by atoms with Crippen molar-refractivity contribution in [1.82, 2.24) is 0 Å². The molecular formula is C40H24O2. The lowest BCUT2D eigenvalue weighted by molar-refractivity contribution is 0.617. The highest BCUT2D eigenvalue weighted by Crippen LogP contribution is 2.47. The molecule has 9 aromatic rings. The second kappa shape index (κ2) is 8.95. The summed E-state index contributed by atoms with van der Waals surface area (Å²) in [5.41, 5.74) is 9.65. The predicted molar refractivity (Wildman–Crippen MR) is 175 cm³/mol. The van der Waals surface area contributed by atoms with E-state index < -0.39 is 0 Å². The van der Waals surface area contributed by atoms with Crippen molar-refractivity contribution in [2.24, 2.45) is 0 Å². The maximum Gasteiger partial charge on any atom is 0.136 e. The van der Waals surface area contributed by atoms with E-state index in [9.17, 15) is 0 Å². The standard InChI is InChI=1S/C40H24O2/c1-3-12-25(13-4-1)34-24-41-36-23-33-37(22-32(34)36)42-35-21-11-20-31(40(33)35)39-29-18-9-7-16-27(29)38(26-14-5-2-6-15-26)28-17-8-10-19-30(28)39/h1-24H. The molecular weight excluding hydrogens is 512 g/mol. The molecule has 9 rings (SSSR count). The number of fused-ring (bicyclic) bond motifs is 6. The van der Waals surface area contributed by atoms with Crippen molar-refractivity contribution in [2.45, 2.75) is 0 Å². The van der Waals surface area contributed by atoms with Gasteiger partial charge in [0.05, 0.1) is 6.26 Å². The topological polar surface area (TPSA) is 26.3 Å². The molecule has 0 aliphatic heterocycles. The van der Waals surface area contributed by atoms with Crippen molar-refractivity contribution in [3.63, 3.8) is 0 Å². The molecule has 0 N–H and O–H groups in total. The van der Waals surface area contributed by atoms with Crippen molar-refractivity contribution in [3.05, 3.63) is 146 Å². The fraction of sp³-hybridized carbons (Fsp3) is 0. The normalized spacial score (nSPS) is 11.8. The molecule has 0 amide bonds. The molecule has 0 aliphatic rings. The van der Waals surface area contributed by atoms with Gasteiger partial charge >= 0.3 is 0 Å². The van der Waals surface area contributed by atoms with Crippen LogP contribution >= 0.6 is 0 Å². The number of hydrogen-bond acceptors (Lipinski definition) is 2. The first-order valence-corrected chi connectivity index (χ1v) is 14.3. The second-order valence-electron chi connectivity index (χ2n) is 10.8. The van der Waals surface area contributed by atoms with E-state index in [-0.39, 0.29) is 0 Å². The first kappa shape index (κ1) is 23.1. The average Bonchev–Trinajstić information content (AvgIpc) is 3.64. The summed E-state index contributed by atoms with van der Waals surface area (Å²) in [6, 6.07) is 49.3. The Hall–Kier alpha value is -5.60. The summed E-state index contributed by atoms with van der Waals surface area (Å²) in [7, 11) is 0. The molecule has 0 saturated carbocycles. The summed E-state index contributed by atoms with van der Waals surface area (Å²) in [6.45, 7) is 0. The van der Waals surface area contributed by atoms with Gasteiger partial charge in [0.1, 0.15) is 16.7 Å². The van der Waals surface area contributed by atoms with E-state index in [0.29, 0.717) is 0 Å². The van der Waals surface area contributed by atoms with E-state index >= 15 is 0 Å². The Bertz CT molecular complexity index is 2390. The molecule has 0 saturated heterocycles. The Labute approximate surface area is 242 Å². The Balaban J connectivity index is 1.39. The minimum atomic E-state index is 0.855. The molecule has 196 valence electrons. The predicted octanol–water partition coefficient (Wildman–Crippen LogP) is 11.6. The average molecular weight is 537 g/mol. The molecule has 2 aromatic heterocycles. The van der Waals surface area contributed by atoms with Gasteiger partial charge in [0, 0.05) is 21.7 Å². The van der Waals surface area contributed by atoms with Crippen LogP contribution in [0.3, 0.4) is 0 Å². The van der Waals surface area contributed by atoms with Crippen LogP contribution in [-0.2, 0) is 0 Å². The van der Waals surface area contributed by atoms with Crippen LogP contribution in [-0.4, -0.2) is 0 Å². The van der Waals surface area contributed by atoms with Gasteiger partial charge in [-0.1, -0.05) is 121 Å². The summed E-state index contributed by atoms with van der Waals surface area (Å²) in [4.78, 5) is 0. The van der Waals surface area contributed by atoms with Gasteiger partial charge < -0.3 is 8.83 Å². The van der Waals surface area contributed by atoms with Crippen molar-refractivity contribution in [1.29, 1.82) is 0 Å². The monoisotopic (exact) mass is 536 g/mol. The molecule has 0 radical (unpaired) electrons. The van der Waals surface area contributed by atoms with E-state index in [0.717, 1.165) is 49.6 Å². The molecule has 0 bridgehead atoms. The number of benzene rings is 7. The summed E-state index contributed by atoms with van der Waals surface area (Å²) in [6.07, 6.45) is 1.85. The van der Waals surface area contributed by atoms with Gasteiger partial charge in [-0.25, -0.2) is 0 Å². The van der Waals surface area contributed by atoms with Crippen molar-refractivity contribution in [3.8, 4) is 33.4 Å². The highest BCUT2D eigenvalue weighted by Gasteiger charge is 2.21. The SMILES string of the molecule is c1ccc(-c2coc3cc4c(cc23)oc2cccc(-c3c5ccccc5c(-c5ccccc5)c5ccccc35)c24)cc1. The van der Waals surface area contributed by atoms with E-state index in [1.807, 2.05) is 12.3 Å². The van der Waals surface area contributed by atoms with Crippen LogP contribution < -0.4 is 0 Å². The van der Waals surface area contributed by atoms with E-state index in [4.69, 9.17) is 8.83 Å². The van der Waals surface area contributed by atoms with Gasteiger partial charge in [0.15, 0.2) is 0 Å². The van der Waals surface area contributed by atoms with Crippen LogP contribution in [0.4, 0.5) is 0 Å². The number of rotatable bonds is 3. The van der Waals surface area contributed by atoms with Crippen molar-refractivity contribution in [2.75, 3.05) is 0 Å². The van der Waals surface area contributed by atoms with Crippen LogP contribution in [0.1, 0.15) is 0 Å². The maximum atomic E-state index is 6.56. The zero-order valence-corrected chi connectivity index (χ0v) is 22.7. The highest BCUT2D eigenvalue weighted by molar-refractivity contribution is 6.26. The van der Waals surface area contributed by atoms with Gasteiger partial charge in [-0.05, 0) is 67.6 Å². The van der Waals surface area contributed by atoms with Gasteiger partial charge in [-0.2, -0.15) is 0 Å². The van der Waals surface area contributed by atoms with Crippen LogP contribution in [0.2, 0.25) is 0 Å². The quantitative estimate of drug-likeness (QED) is 0.210. The van der Waals surface area contributed by atoms with Crippen LogP contribution in [0, 0.1) is 0 Å². The Morgan fingerprint density at radius 3 is 1.60 bits per heavy atom. The minimum absolute atomic E-state index is 0.855. The van der Waals surface area contributed by atoms with Crippen molar-refractivity contribution < 1.29 is 8.83 Å². The van der Waals surface area contributed by atoms with Gasteiger partial charge in [0.25, 0.3) is 0 Å². The van der Waals surface area contributed by atoms with Gasteiger partial charge in [-0.15, -0.1) is 0 Å². The molecule has 0 aliphatic carbocycles. The molecule has 2 heterocycles. The first-order valence-electron chi connectivity index (χ1n) is 14.3. The molecule has 0 atom stereocenters. The Morgan fingerprint density at radius 1 is 0.357 bits per heavy atom. The van der Waals surface area contributed by atoms with Crippen LogP contribution in [0.5, 0.6) is 0 Å². The third kappa shape index (κ3) is 3.33. The lowest BCUT2D eigenvalue weighted by Gasteiger charge is -2.18. The molecule has 7 aromatic carbocycles. The minimum Gasteiger partial charge on any atom is -0.464 e. The maximum absolute atomic E-state index is 6.56. The third-order valence-electron chi connectivity index (χ3n) is 8.54.